The number of alkyl halides is 3. The molecule has 0 bridgehead atoms. The number of likely N-dealkylation sites (tertiary alicyclic amines) is 1. The Hall–Kier alpha value is -1.07. The van der Waals surface area contributed by atoms with Gasteiger partial charge in [0, 0.05) is 19.1 Å². The summed E-state index contributed by atoms with van der Waals surface area (Å²) in [5.41, 5.74) is 0.398. The number of fused-ring (bicyclic) bond motifs is 1. The Balaban J connectivity index is 1.69. The second kappa shape index (κ2) is 5.61. The number of halogens is 3. The highest BCUT2D eigenvalue weighted by atomic mass is 19.4. The molecule has 1 aromatic carbocycles. The average molecular weight is 298 g/mol. The Kier molecular flexibility index (Phi) is 3.97. The zero-order chi connectivity index (χ0) is 15.0. The average Bonchev–Trinajstić information content (AvgIpc) is 2.98. The fraction of sp³-hybridized carbons (Fsp3) is 0.625. The standard InChI is InChI=1S/C16H21F3N2/c1-2-15-14-8-20-7-12(14)10-21(15)9-11-3-5-13(6-4-11)16(17,18)19/h3-6,12,14-15,20H,2,7-10H2,1H3. The molecule has 2 fully saturated rings. The van der Waals surface area contributed by atoms with Crippen LogP contribution in [-0.2, 0) is 12.7 Å². The van der Waals surface area contributed by atoms with Gasteiger partial charge in [-0.15, -0.1) is 0 Å². The molecule has 2 aliphatic rings. The molecule has 0 aromatic heterocycles. The first-order valence-corrected chi connectivity index (χ1v) is 7.60. The molecule has 2 nitrogen and oxygen atoms in total. The van der Waals surface area contributed by atoms with Crippen molar-refractivity contribution in [2.75, 3.05) is 19.6 Å². The van der Waals surface area contributed by atoms with E-state index in [4.69, 9.17) is 0 Å². The first-order valence-electron chi connectivity index (χ1n) is 7.60. The Morgan fingerprint density at radius 1 is 1.19 bits per heavy atom. The number of hydrogen-bond acceptors (Lipinski definition) is 2. The van der Waals surface area contributed by atoms with E-state index in [0.29, 0.717) is 17.9 Å². The predicted molar refractivity (Wildman–Crippen MR) is 75.8 cm³/mol. The van der Waals surface area contributed by atoms with Crippen molar-refractivity contribution in [2.45, 2.75) is 32.1 Å². The van der Waals surface area contributed by atoms with Crippen molar-refractivity contribution in [3.63, 3.8) is 0 Å². The zero-order valence-corrected chi connectivity index (χ0v) is 12.2. The summed E-state index contributed by atoms with van der Waals surface area (Å²) in [6.07, 6.45) is -3.15. The van der Waals surface area contributed by atoms with Crippen LogP contribution >= 0.6 is 0 Å². The molecule has 3 rings (SSSR count). The Labute approximate surface area is 123 Å². The molecule has 2 aliphatic heterocycles. The smallest absolute Gasteiger partial charge is 0.316 e. The van der Waals surface area contributed by atoms with Crippen molar-refractivity contribution in [1.29, 1.82) is 0 Å². The number of hydrogen-bond donors (Lipinski definition) is 1. The van der Waals surface area contributed by atoms with Gasteiger partial charge in [-0.3, -0.25) is 4.90 Å². The van der Waals surface area contributed by atoms with Crippen LogP contribution in [0.5, 0.6) is 0 Å². The van der Waals surface area contributed by atoms with Crippen molar-refractivity contribution in [2.24, 2.45) is 11.8 Å². The lowest BCUT2D eigenvalue weighted by atomic mass is 9.93. The van der Waals surface area contributed by atoms with E-state index in [2.05, 4.69) is 17.1 Å². The molecule has 3 unspecified atom stereocenters. The van der Waals surface area contributed by atoms with Crippen molar-refractivity contribution >= 4 is 0 Å². The second-order valence-corrected chi connectivity index (χ2v) is 6.18. The zero-order valence-electron chi connectivity index (χ0n) is 12.2. The van der Waals surface area contributed by atoms with E-state index in [-0.39, 0.29) is 0 Å². The van der Waals surface area contributed by atoms with Gasteiger partial charge in [0.1, 0.15) is 0 Å². The molecule has 116 valence electrons. The van der Waals surface area contributed by atoms with Gasteiger partial charge in [-0.1, -0.05) is 19.1 Å². The summed E-state index contributed by atoms with van der Waals surface area (Å²) in [5, 5.41) is 3.45. The molecule has 0 spiro atoms. The molecule has 5 heteroatoms. The quantitative estimate of drug-likeness (QED) is 0.922. The molecule has 0 aliphatic carbocycles. The summed E-state index contributed by atoms with van der Waals surface area (Å²) < 4.78 is 37.7. The molecular formula is C16H21F3N2. The molecule has 2 saturated heterocycles. The fourth-order valence-electron chi connectivity index (χ4n) is 3.89. The molecule has 1 aromatic rings. The minimum absolute atomic E-state index is 0.548. The van der Waals surface area contributed by atoms with E-state index < -0.39 is 11.7 Å². The van der Waals surface area contributed by atoms with Gasteiger partial charge in [-0.05, 0) is 49.0 Å². The number of rotatable bonds is 3. The highest BCUT2D eigenvalue weighted by Gasteiger charge is 2.42. The highest BCUT2D eigenvalue weighted by molar-refractivity contribution is 5.24. The van der Waals surface area contributed by atoms with Gasteiger partial charge in [0.25, 0.3) is 0 Å². The Bertz CT molecular complexity index is 483. The summed E-state index contributed by atoms with van der Waals surface area (Å²) in [5.74, 6) is 1.40. The highest BCUT2D eigenvalue weighted by Crippen LogP contribution is 2.35. The number of nitrogens with zero attached hydrogens (tertiary/aromatic N) is 1. The summed E-state index contributed by atoms with van der Waals surface area (Å²) >= 11 is 0. The maximum atomic E-state index is 12.6. The van der Waals surface area contributed by atoms with Crippen molar-refractivity contribution in [3.05, 3.63) is 35.4 Å². The SMILES string of the molecule is CCC1C2CNCC2CN1Cc1ccc(C(F)(F)F)cc1. The number of nitrogens with one attached hydrogen (secondary N) is 1. The third-order valence-corrected chi connectivity index (χ3v) is 4.91. The van der Waals surface area contributed by atoms with Crippen LogP contribution < -0.4 is 5.32 Å². The lowest BCUT2D eigenvalue weighted by Crippen LogP contribution is -2.34. The van der Waals surface area contributed by atoms with Gasteiger partial charge in [-0.25, -0.2) is 0 Å². The van der Waals surface area contributed by atoms with Crippen LogP contribution in [0.15, 0.2) is 24.3 Å². The van der Waals surface area contributed by atoms with Gasteiger partial charge in [0.15, 0.2) is 0 Å². The minimum atomic E-state index is -4.25. The van der Waals surface area contributed by atoms with Crippen molar-refractivity contribution < 1.29 is 13.2 Å². The molecule has 3 atom stereocenters. The Morgan fingerprint density at radius 3 is 2.52 bits per heavy atom. The van der Waals surface area contributed by atoms with Gasteiger partial charge in [-0.2, -0.15) is 13.2 Å². The molecular weight excluding hydrogens is 277 g/mol. The summed E-state index contributed by atoms with van der Waals surface area (Å²) in [6.45, 7) is 6.16. The van der Waals surface area contributed by atoms with Crippen LogP contribution in [0, 0.1) is 11.8 Å². The lowest BCUT2D eigenvalue weighted by molar-refractivity contribution is -0.137. The van der Waals surface area contributed by atoms with Gasteiger partial charge < -0.3 is 5.32 Å². The topological polar surface area (TPSA) is 15.3 Å². The molecule has 0 amide bonds. The molecule has 21 heavy (non-hydrogen) atoms. The normalized spacial score (nSPS) is 29.8. The van der Waals surface area contributed by atoms with Crippen LogP contribution in [0.25, 0.3) is 0 Å². The molecule has 1 N–H and O–H groups in total. The van der Waals surface area contributed by atoms with E-state index >= 15 is 0 Å². The van der Waals surface area contributed by atoms with Crippen LogP contribution in [-0.4, -0.2) is 30.6 Å². The van der Waals surface area contributed by atoms with Gasteiger partial charge in [0.05, 0.1) is 5.56 Å². The van der Waals surface area contributed by atoms with E-state index in [1.54, 1.807) is 12.1 Å². The maximum Gasteiger partial charge on any atom is 0.416 e. The maximum absolute atomic E-state index is 12.6. The summed E-state index contributed by atoms with van der Waals surface area (Å²) in [6, 6.07) is 6.15. The van der Waals surface area contributed by atoms with Crippen molar-refractivity contribution in [3.8, 4) is 0 Å². The van der Waals surface area contributed by atoms with Crippen LogP contribution in [0.2, 0.25) is 0 Å². The van der Waals surface area contributed by atoms with Crippen LogP contribution in [0.1, 0.15) is 24.5 Å². The first-order chi connectivity index (χ1) is 9.99. The third-order valence-electron chi connectivity index (χ3n) is 4.91. The third kappa shape index (κ3) is 2.94. The van der Waals surface area contributed by atoms with Gasteiger partial charge in [0.2, 0.25) is 0 Å². The summed E-state index contributed by atoms with van der Waals surface area (Å²) in [4.78, 5) is 2.44. The Morgan fingerprint density at radius 2 is 1.90 bits per heavy atom. The van der Waals surface area contributed by atoms with Crippen LogP contribution in [0.3, 0.4) is 0 Å². The lowest BCUT2D eigenvalue weighted by Gasteiger charge is -2.27. The molecule has 0 radical (unpaired) electrons. The van der Waals surface area contributed by atoms with E-state index in [1.807, 2.05) is 0 Å². The second-order valence-electron chi connectivity index (χ2n) is 6.18. The predicted octanol–water partition coefficient (Wildman–Crippen LogP) is 3.14. The van der Waals surface area contributed by atoms with E-state index in [9.17, 15) is 13.2 Å². The first kappa shape index (κ1) is 14.9. The minimum Gasteiger partial charge on any atom is -0.316 e. The number of benzene rings is 1. The van der Waals surface area contributed by atoms with Crippen molar-refractivity contribution in [1.82, 2.24) is 10.2 Å². The van der Waals surface area contributed by atoms with E-state index in [0.717, 1.165) is 38.2 Å². The molecule has 2 heterocycles. The van der Waals surface area contributed by atoms with E-state index in [1.165, 1.54) is 12.1 Å². The largest absolute Gasteiger partial charge is 0.416 e. The fourth-order valence-corrected chi connectivity index (χ4v) is 3.89. The summed E-state index contributed by atoms with van der Waals surface area (Å²) in [7, 11) is 0. The molecule has 0 saturated carbocycles. The van der Waals surface area contributed by atoms with Crippen LogP contribution in [0.4, 0.5) is 13.2 Å². The monoisotopic (exact) mass is 298 g/mol. The van der Waals surface area contributed by atoms with Gasteiger partial charge >= 0.3 is 6.18 Å².